The van der Waals surface area contributed by atoms with Crippen molar-refractivity contribution >= 4 is 23.6 Å². The molecule has 0 aliphatic carbocycles. The van der Waals surface area contributed by atoms with Crippen LogP contribution in [0.5, 0.6) is 5.75 Å². The van der Waals surface area contributed by atoms with Crippen molar-refractivity contribution in [3.63, 3.8) is 0 Å². The normalized spacial score (nSPS) is 16.1. The third kappa shape index (κ3) is 5.13. The third-order valence-corrected chi connectivity index (χ3v) is 7.05. The molecule has 0 saturated carbocycles. The number of hydrogen-bond acceptors (Lipinski definition) is 5. The van der Waals surface area contributed by atoms with E-state index >= 15 is 0 Å². The number of piperazine rings is 1. The Morgan fingerprint density at radius 3 is 2.43 bits per heavy atom. The van der Waals surface area contributed by atoms with Gasteiger partial charge in [0.25, 0.3) is 11.8 Å². The molecule has 2 aliphatic heterocycles. The van der Waals surface area contributed by atoms with E-state index in [1.807, 2.05) is 36.4 Å². The number of nitrogens with zero attached hydrogens (tertiary/aromatic N) is 3. The fourth-order valence-corrected chi connectivity index (χ4v) is 5.02. The van der Waals surface area contributed by atoms with Crippen LogP contribution in [0.2, 0.25) is 0 Å². The van der Waals surface area contributed by atoms with Crippen LogP contribution >= 0.6 is 0 Å². The third-order valence-electron chi connectivity index (χ3n) is 7.05. The number of hydrogen-bond donors (Lipinski definition) is 0. The van der Waals surface area contributed by atoms with Gasteiger partial charge in [0.15, 0.2) is 0 Å². The number of carbonyl (C=O) groups excluding carboxylic acids is 2. The second kappa shape index (κ2) is 11.0. The molecule has 0 aromatic heterocycles. The SMILES string of the molecule is COc1ccccc1C=CCN1CCN(c2cccc3c2C(=O)N(CCc2ccccc2F)C3=O)CC1. The second-order valence-corrected chi connectivity index (χ2v) is 9.24. The molecule has 5 rings (SSSR count). The smallest absolute Gasteiger partial charge is 0.263 e. The highest BCUT2D eigenvalue weighted by Crippen LogP contribution is 2.32. The molecule has 190 valence electrons. The first-order valence-electron chi connectivity index (χ1n) is 12.6. The number of halogens is 1. The van der Waals surface area contributed by atoms with Gasteiger partial charge in [0.2, 0.25) is 0 Å². The Morgan fingerprint density at radius 1 is 0.892 bits per heavy atom. The number of carbonyl (C=O) groups is 2. The Balaban J connectivity index is 1.22. The molecular formula is C30H30FN3O3. The molecule has 3 aromatic rings. The number of para-hydroxylation sites is 1. The highest BCUT2D eigenvalue weighted by atomic mass is 19.1. The maximum Gasteiger partial charge on any atom is 0.263 e. The maximum atomic E-state index is 14.0. The number of amides is 2. The van der Waals surface area contributed by atoms with Crippen LogP contribution in [0.3, 0.4) is 0 Å². The van der Waals surface area contributed by atoms with E-state index in [0.29, 0.717) is 16.7 Å². The van der Waals surface area contributed by atoms with Crippen molar-refractivity contribution in [1.82, 2.24) is 9.80 Å². The molecule has 2 aliphatic rings. The lowest BCUT2D eigenvalue weighted by molar-refractivity contribution is 0.0656. The topological polar surface area (TPSA) is 53.1 Å². The van der Waals surface area contributed by atoms with Crippen molar-refractivity contribution in [2.45, 2.75) is 6.42 Å². The van der Waals surface area contributed by atoms with E-state index in [2.05, 4.69) is 22.0 Å². The highest BCUT2D eigenvalue weighted by molar-refractivity contribution is 6.23. The molecule has 37 heavy (non-hydrogen) atoms. The molecule has 1 saturated heterocycles. The fraction of sp³-hybridized carbons (Fsp3) is 0.267. The van der Waals surface area contributed by atoms with Crippen LogP contribution in [-0.4, -0.2) is 68.0 Å². The van der Waals surface area contributed by atoms with E-state index in [1.54, 1.807) is 31.4 Å². The van der Waals surface area contributed by atoms with Gasteiger partial charge in [-0.3, -0.25) is 19.4 Å². The summed E-state index contributed by atoms with van der Waals surface area (Å²) in [5.41, 5.74) is 3.23. The molecule has 1 fully saturated rings. The number of anilines is 1. The molecular weight excluding hydrogens is 469 g/mol. The predicted molar refractivity (Wildman–Crippen MR) is 143 cm³/mol. The Hall–Kier alpha value is -3.97. The van der Waals surface area contributed by atoms with Gasteiger partial charge in [-0.05, 0) is 36.2 Å². The van der Waals surface area contributed by atoms with Crippen LogP contribution in [0.15, 0.2) is 72.8 Å². The van der Waals surface area contributed by atoms with Gasteiger partial charge in [-0.1, -0.05) is 54.6 Å². The molecule has 0 radical (unpaired) electrons. The molecule has 0 bridgehead atoms. The zero-order valence-corrected chi connectivity index (χ0v) is 20.9. The number of benzene rings is 3. The summed E-state index contributed by atoms with van der Waals surface area (Å²) in [6.45, 7) is 4.18. The Bertz CT molecular complexity index is 1330. The lowest BCUT2D eigenvalue weighted by Gasteiger charge is -2.36. The van der Waals surface area contributed by atoms with Crippen LogP contribution in [0.4, 0.5) is 10.1 Å². The van der Waals surface area contributed by atoms with E-state index in [9.17, 15) is 14.0 Å². The number of rotatable bonds is 8. The summed E-state index contributed by atoms with van der Waals surface area (Å²) in [7, 11) is 1.67. The van der Waals surface area contributed by atoms with Gasteiger partial charge in [0.1, 0.15) is 11.6 Å². The Morgan fingerprint density at radius 2 is 1.65 bits per heavy atom. The predicted octanol–water partition coefficient (Wildman–Crippen LogP) is 4.51. The zero-order chi connectivity index (χ0) is 25.8. The van der Waals surface area contributed by atoms with Crippen LogP contribution in [0, 0.1) is 5.82 Å². The molecule has 2 heterocycles. The molecule has 2 amide bonds. The van der Waals surface area contributed by atoms with Crippen LogP contribution < -0.4 is 9.64 Å². The average molecular weight is 500 g/mol. The molecule has 7 heteroatoms. The van der Waals surface area contributed by atoms with E-state index in [-0.39, 0.29) is 30.6 Å². The van der Waals surface area contributed by atoms with Crippen molar-refractivity contribution < 1.29 is 18.7 Å². The average Bonchev–Trinajstić information content (AvgIpc) is 3.18. The summed E-state index contributed by atoms with van der Waals surface area (Å²) in [5, 5.41) is 0. The zero-order valence-electron chi connectivity index (χ0n) is 20.9. The van der Waals surface area contributed by atoms with Gasteiger partial charge in [-0.15, -0.1) is 0 Å². The van der Waals surface area contributed by atoms with Crippen molar-refractivity contribution in [3.8, 4) is 5.75 Å². The minimum atomic E-state index is -0.324. The monoisotopic (exact) mass is 499 g/mol. The summed E-state index contributed by atoms with van der Waals surface area (Å²) < 4.78 is 19.5. The molecule has 0 spiro atoms. The number of fused-ring (bicyclic) bond motifs is 1. The van der Waals surface area contributed by atoms with Gasteiger partial charge >= 0.3 is 0 Å². The van der Waals surface area contributed by atoms with E-state index in [4.69, 9.17) is 4.74 Å². The second-order valence-electron chi connectivity index (χ2n) is 9.24. The quantitative estimate of drug-likeness (QED) is 0.427. The summed E-state index contributed by atoms with van der Waals surface area (Å²) in [6, 6.07) is 19.8. The Labute approximate surface area is 216 Å². The van der Waals surface area contributed by atoms with Gasteiger partial charge in [-0.2, -0.15) is 0 Å². The van der Waals surface area contributed by atoms with Gasteiger partial charge < -0.3 is 9.64 Å². The summed E-state index contributed by atoms with van der Waals surface area (Å²) >= 11 is 0. The largest absolute Gasteiger partial charge is 0.496 e. The van der Waals surface area contributed by atoms with Gasteiger partial charge in [0, 0.05) is 44.8 Å². The number of ether oxygens (including phenoxy) is 1. The summed E-state index contributed by atoms with van der Waals surface area (Å²) in [6.07, 6.45) is 4.51. The minimum absolute atomic E-state index is 0.152. The molecule has 0 atom stereocenters. The van der Waals surface area contributed by atoms with Crippen molar-refractivity contribution in [2.75, 3.05) is 51.3 Å². The van der Waals surface area contributed by atoms with Crippen molar-refractivity contribution in [2.24, 2.45) is 0 Å². The van der Waals surface area contributed by atoms with E-state index in [0.717, 1.165) is 49.7 Å². The van der Waals surface area contributed by atoms with Crippen molar-refractivity contribution in [3.05, 3.63) is 101 Å². The molecule has 6 nitrogen and oxygen atoms in total. The van der Waals surface area contributed by atoms with Crippen molar-refractivity contribution in [1.29, 1.82) is 0 Å². The Kier molecular flexibility index (Phi) is 7.32. The van der Waals surface area contributed by atoms with Gasteiger partial charge in [0.05, 0.1) is 23.9 Å². The first-order chi connectivity index (χ1) is 18.1. The molecule has 0 N–H and O–H groups in total. The minimum Gasteiger partial charge on any atom is -0.496 e. The van der Waals surface area contributed by atoms with Crippen LogP contribution in [0.25, 0.3) is 6.08 Å². The van der Waals surface area contributed by atoms with E-state index < -0.39 is 0 Å². The van der Waals surface area contributed by atoms with Gasteiger partial charge in [-0.25, -0.2) is 4.39 Å². The summed E-state index contributed by atoms with van der Waals surface area (Å²) in [4.78, 5) is 32.2. The first kappa shape index (κ1) is 24.7. The lowest BCUT2D eigenvalue weighted by atomic mass is 10.1. The maximum absolute atomic E-state index is 14.0. The standard InChI is InChI=1S/C30H30FN3O3/c1-37-27-14-5-3-9-23(27)10-7-16-32-18-20-33(21-19-32)26-13-6-11-24-28(26)30(36)34(29(24)35)17-15-22-8-2-4-12-25(22)31/h2-14H,15-21H2,1H3. The molecule has 3 aromatic carbocycles. The molecule has 0 unspecified atom stereocenters. The fourth-order valence-electron chi connectivity index (χ4n) is 5.02. The summed E-state index contributed by atoms with van der Waals surface area (Å²) in [5.74, 6) is -0.0773. The number of imide groups is 1. The number of methoxy groups -OCH3 is 1. The van der Waals surface area contributed by atoms with E-state index in [1.165, 1.54) is 11.0 Å². The first-order valence-corrected chi connectivity index (χ1v) is 12.6. The highest BCUT2D eigenvalue weighted by Gasteiger charge is 2.38. The van der Waals surface area contributed by atoms with Crippen LogP contribution in [0.1, 0.15) is 31.8 Å². The lowest BCUT2D eigenvalue weighted by Crippen LogP contribution is -2.46. The van der Waals surface area contributed by atoms with Crippen LogP contribution in [-0.2, 0) is 6.42 Å².